The minimum atomic E-state index is -3.92. The van der Waals surface area contributed by atoms with Gasteiger partial charge in [0.15, 0.2) is 0 Å². The summed E-state index contributed by atoms with van der Waals surface area (Å²) in [5, 5.41) is 3.44. The fourth-order valence-corrected chi connectivity index (χ4v) is 5.27. The van der Waals surface area contributed by atoms with Crippen molar-refractivity contribution < 1.29 is 13.2 Å². The molecule has 0 bridgehead atoms. The van der Waals surface area contributed by atoms with E-state index in [4.69, 9.17) is 11.6 Å². The first-order chi connectivity index (χ1) is 15.1. The van der Waals surface area contributed by atoms with E-state index in [1.54, 1.807) is 36.4 Å². The molecule has 1 N–H and O–H groups in total. The van der Waals surface area contributed by atoms with E-state index in [1.165, 1.54) is 16.4 Å². The number of carbonyl (C=O) groups excluding carboxylic acids is 1. The fraction of sp³-hybridized carbons (Fsp3) is 0.174. The second-order valence-corrected chi connectivity index (χ2v) is 11.4. The van der Waals surface area contributed by atoms with Gasteiger partial charge in [0.25, 0.3) is 0 Å². The molecule has 5 nitrogen and oxygen atoms in total. The van der Waals surface area contributed by atoms with Crippen molar-refractivity contribution in [2.75, 3.05) is 6.54 Å². The lowest BCUT2D eigenvalue weighted by molar-refractivity contribution is -0.122. The Morgan fingerprint density at radius 1 is 1.00 bits per heavy atom. The van der Waals surface area contributed by atoms with Crippen LogP contribution in [0.4, 0.5) is 0 Å². The van der Waals surface area contributed by atoms with E-state index in [0.29, 0.717) is 5.02 Å². The second kappa shape index (κ2) is 10.9. The summed E-state index contributed by atoms with van der Waals surface area (Å²) < 4.78 is 29.5. The third kappa shape index (κ3) is 6.65. The molecule has 0 heterocycles. The Hall–Kier alpha value is -1.71. The molecule has 3 rings (SSSR count). The lowest BCUT2D eigenvalue weighted by atomic mass is 10.1. The quantitative estimate of drug-likeness (QED) is 0.349. The van der Waals surface area contributed by atoms with E-state index in [2.05, 4.69) is 37.2 Å². The van der Waals surface area contributed by atoms with Crippen LogP contribution >= 0.6 is 43.5 Å². The molecule has 0 saturated carbocycles. The number of nitrogens with one attached hydrogen (secondary N) is 1. The zero-order valence-electron chi connectivity index (χ0n) is 17.1. The number of carbonyl (C=O) groups is 1. The van der Waals surface area contributed by atoms with Crippen molar-refractivity contribution in [3.8, 4) is 0 Å². The summed E-state index contributed by atoms with van der Waals surface area (Å²) in [6.07, 6.45) is 0. The molecule has 1 atom stereocenters. The Bertz CT molecular complexity index is 1190. The molecule has 32 heavy (non-hydrogen) atoms. The molecular formula is C23H21Br2ClN2O3S. The molecule has 1 amide bonds. The largest absolute Gasteiger partial charge is 0.348 e. The Balaban J connectivity index is 1.83. The maximum atomic E-state index is 13.3. The van der Waals surface area contributed by atoms with Crippen LogP contribution in [-0.2, 0) is 21.4 Å². The summed E-state index contributed by atoms with van der Waals surface area (Å²) in [6, 6.07) is 20.5. The normalized spacial score (nSPS) is 12.5. The summed E-state index contributed by atoms with van der Waals surface area (Å²) >= 11 is 12.7. The number of benzene rings is 3. The standard InChI is InChI=1S/C23H21Br2ClN2O3S/c1-16(18-3-2-4-20(25)13-18)27-23(29)15-28(14-17-5-9-21(26)10-6-17)32(30,31)22-11-7-19(24)8-12-22/h2-13,16H,14-15H2,1H3,(H,27,29). The summed E-state index contributed by atoms with van der Waals surface area (Å²) in [4.78, 5) is 13.0. The number of rotatable bonds is 8. The van der Waals surface area contributed by atoms with Gasteiger partial charge in [-0.1, -0.05) is 67.7 Å². The molecule has 0 aliphatic carbocycles. The Morgan fingerprint density at radius 3 is 2.28 bits per heavy atom. The van der Waals surface area contributed by atoms with Crippen LogP contribution in [0.2, 0.25) is 5.02 Å². The number of hydrogen-bond acceptors (Lipinski definition) is 3. The van der Waals surface area contributed by atoms with Gasteiger partial charge in [0.2, 0.25) is 15.9 Å². The minimum Gasteiger partial charge on any atom is -0.348 e. The lowest BCUT2D eigenvalue weighted by Gasteiger charge is -2.23. The summed E-state index contributed by atoms with van der Waals surface area (Å²) in [7, 11) is -3.92. The molecule has 0 saturated heterocycles. The van der Waals surface area contributed by atoms with Crippen molar-refractivity contribution in [2.45, 2.75) is 24.4 Å². The van der Waals surface area contributed by atoms with Gasteiger partial charge in [-0.15, -0.1) is 0 Å². The zero-order valence-corrected chi connectivity index (χ0v) is 21.9. The average Bonchev–Trinajstić information content (AvgIpc) is 2.75. The van der Waals surface area contributed by atoms with Crippen LogP contribution < -0.4 is 5.32 Å². The molecule has 0 aliphatic rings. The topological polar surface area (TPSA) is 66.5 Å². The number of sulfonamides is 1. The number of nitrogens with zero attached hydrogens (tertiary/aromatic N) is 1. The van der Waals surface area contributed by atoms with Gasteiger partial charge in [0.05, 0.1) is 17.5 Å². The van der Waals surface area contributed by atoms with Crippen molar-refractivity contribution in [1.82, 2.24) is 9.62 Å². The highest BCUT2D eigenvalue weighted by molar-refractivity contribution is 9.10. The van der Waals surface area contributed by atoms with E-state index >= 15 is 0 Å². The second-order valence-electron chi connectivity index (χ2n) is 7.20. The molecule has 0 radical (unpaired) electrons. The first kappa shape index (κ1) is 24.9. The summed E-state index contributed by atoms with van der Waals surface area (Å²) in [5.74, 6) is -0.396. The van der Waals surface area contributed by atoms with Gasteiger partial charge < -0.3 is 5.32 Å². The van der Waals surface area contributed by atoms with Gasteiger partial charge >= 0.3 is 0 Å². The highest BCUT2D eigenvalue weighted by Gasteiger charge is 2.27. The average molecular weight is 601 g/mol. The van der Waals surface area contributed by atoms with E-state index in [0.717, 1.165) is 20.1 Å². The molecule has 0 aromatic heterocycles. The fourth-order valence-electron chi connectivity index (χ4n) is 3.08. The Morgan fingerprint density at radius 2 is 1.66 bits per heavy atom. The molecular weight excluding hydrogens is 580 g/mol. The van der Waals surface area contributed by atoms with Crippen LogP contribution in [0.1, 0.15) is 24.1 Å². The van der Waals surface area contributed by atoms with Crippen LogP contribution in [0.25, 0.3) is 0 Å². The monoisotopic (exact) mass is 598 g/mol. The first-order valence-electron chi connectivity index (χ1n) is 9.70. The third-order valence-electron chi connectivity index (χ3n) is 4.77. The maximum absolute atomic E-state index is 13.3. The van der Waals surface area contributed by atoms with Gasteiger partial charge in [-0.25, -0.2) is 8.42 Å². The molecule has 3 aromatic rings. The van der Waals surface area contributed by atoms with Gasteiger partial charge in [0, 0.05) is 20.5 Å². The lowest BCUT2D eigenvalue weighted by Crippen LogP contribution is -2.41. The van der Waals surface area contributed by atoms with E-state index in [1.807, 2.05) is 31.2 Å². The van der Waals surface area contributed by atoms with Gasteiger partial charge in [-0.05, 0) is 66.6 Å². The zero-order chi connectivity index (χ0) is 23.3. The van der Waals surface area contributed by atoms with Crippen LogP contribution in [0, 0.1) is 0 Å². The molecule has 1 unspecified atom stereocenters. The molecule has 9 heteroatoms. The van der Waals surface area contributed by atoms with Gasteiger partial charge in [0.1, 0.15) is 0 Å². The van der Waals surface area contributed by atoms with Gasteiger partial charge in [-0.3, -0.25) is 4.79 Å². The predicted octanol–water partition coefficient (Wildman–Crippen LogP) is 5.93. The Labute approximate surface area is 210 Å². The maximum Gasteiger partial charge on any atom is 0.243 e. The van der Waals surface area contributed by atoms with Crippen LogP contribution in [0.15, 0.2) is 86.6 Å². The summed E-state index contributed by atoms with van der Waals surface area (Å²) in [5.41, 5.74) is 1.63. The minimum absolute atomic E-state index is 0.0360. The van der Waals surface area contributed by atoms with Crippen molar-refractivity contribution in [3.05, 3.63) is 97.9 Å². The van der Waals surface area contributed by atoms with Crippen molar-refractivity contribution in [2.24, 2.45) is 0 Å². The molecule has 0 spiro atoms. The number of amides is 1. The highest BCUT2D eigenvalue weighted by Crippen LogP contribution is 2.22. The number of hydrogen-bond donors (Lipinski definition) is 1. The molecule has 0 aliphatic heterocycles. The third-order valence-corrected chi connectivity index (χ3v) is 7.85. The van der Waals surface area contributed by atoms with E-state index < -0.39 is 15.9 Å². The van der Waals surface area contributed by atoms with Crippen molar-refractivity contribution >= 4 is 59.4 Å². The smallest absolute Gasteiger partial charge is 0.243 e. The van der Waals surface area contributed by atoms with Gasteiger partial charge in [-0.2, -0.15) is 4.31 Å². The Kier molecular flexibility index (Phi) is 8.52. The molecule has 3 aromatic carbocycles. The number of halogens is 3. The van der Waals surface area contributed by atoms with Crippen molar-refractivity contribution in [1.29, 1.82) is 0 Å². The van der Waals surface area contributed by atoms with Crippen LogP contribution in [0.3, 0.4) is 0 Å². The first-order valence-corrected chi connectivity index (χ1v) is 13.1. The molecule has 0 fully saturated rings. The SMILES string of the molecule is CC(NC(=O)CN(Cc1ccc(Cl)cc1)S(=O)(=O)c1ccc(Br)cc1)c1cccc(Br)c1. The van der Waals surface area contributed by atoms with Crippen LogP contribution in [0.5, 0.6) is 0 Å². The highest BCUT2D eigenvalue weighted by atomic mass is 79.9. The van der Waals surface area contributed by atoms with E-state index in [9.17, 15) is 13.2 Å². The van der Waals surface area contributed by atoms with Crippen LogP contribution in [-0.4, -0.2) is 25.2 Å². The molecule has 168 valence electrons. The summed E-state index contributed by atoms with van der Waals surface area (Å²) in [6.45, 7) is 1.57. The van der Waals surface area contributed by atoms with Crippen molar-refractivity contribution in [3.63, 3.8) is 0 Å². The van der Waals surface area contributed by atoms with E-state index in [-0.39, 0.29) is 24.0 Å². The predicted molar refractivity (Wildman–Crippen MR) is 134 cm³/mol.